The second-order valence-corrected chi connectivity index (χ2v) is 13.9. The van der Waals surface area contributed by atoms with Crippen molar-refractivity contribution in [2.45, 2.75) is 63.3 Å². The van der Waals surface area contributed by atoms with Crippen LogP contribution in [0.4, 0.5) is 4.39 Å². The number of halogens is 3. The number of hydrogen-bond donors (Lipinski definition) is 0. The van der Waals surface area contributed by atoms with Gasteiger partial charge in [-0.15, -0.1) is 0 Å². The maximum absolute atomic E-state index is 17.1. The Hall–Kier alpha value is -4.27. The van der Waals surface area contributed by atoms with Crippen LogP contribution in [0.5, 0.6) is 5.88 Å². The molecule has 4 atom stereocenters. The first-order valence-electron chi connectivity index (χ1n) is 17.1. The Morgan fingerprint density at radius 2 is 2.08 bits per heavy atom. The summed E-state index contributed by atoms with van der Waals surface area (Å²) in [4.78, 5) is 21.9. The number of allylic oxidation sites excluding steroid dienone is 2. The number of hydrogen-bond acceptors (Lipinski definition) is 7. The SMILES string of the molecule is C=C/C=C\c1cccc(-c2c(Cl)cc3c(nc(O[C@@H](C)[C@@H]4CCCN4C)c4cnn([C@H]5CCN(C(=O)/C=C/COC)[C@H](CC#N)C5)c43)c2F)c1Cl. The molecule has 0 aliphatic carbocycles. The van der Waals surface area contributed by atoms with Crippen molar-refractivity contribution < 1.29 is 18.7 Å². The molecule has 0 bridgehead atoms. The van der Waals surface area contributed by atoms with Crippen LogP contribution in [-0.4, -0.2) is 82.5 Å². The van der Waals surface area contributed by atoms with E-state index in [0.717, 1.165) is 19.4 Å². The Morgan fingerprint density at radius 1 is 1.25 bits per heavy atom. The molecule has 266 valence electrons. The molecule has 6 rings (SSSR count). The number of nitriles is 1. The van der Waals surface area contributed by atoms with E-state index in [2.05, 4.69) is 24.6 Å². The molecule has 4 heterocycles. The van der Waals surface area contributed by atoms with Gasteiger partial charge in [-0.3, -0.25) is 14.4 Å². The lowest BCUT2D eigenvalue weighted by Crippen LogP contribution is -2.46. The third-order valence-electron chi connectivity index (χ3n) is 9.98. The van der Waals surface area contributed by atoms with Crippen LogP contribution in [0.15, 0.2) is 61.3 Å². The molecule has 0 unspecified atom stereocenters. The molecule has 12 heteroatoms. The number of nitrogens with zero attached hydrogens (tertiary/aromatic N) is 6. The van der Waals surface area contributed by atoms with Gasteiger partial charge < -0.3 is 14.4 Å². The van der Waals surface area contributed by atoms with E-state index in [1.54, 1.807) is 60.7 Å². The number of pyridine rings is 1. The van der Waals surface area contributed by atoms with Gasteiger partial charge in [-0.2, -0.15) is 10.4 Å². The van der Waals surface area contributed by atoms with Crippen LogP contribution in [0.1, 0.15) is 50.6 Å². The van der Waals surface area contributed by atoms with Crippen molar-refractivity contribution in [1.82, 2.24) is 24.6 Å². The molecule has 2 saturated heterocycles. The molecule has 9 nitrogen and oxygen atoms in total. The van der Waals surface area contributed by atoms with Gasteiger partial charge in [0, 0.05) is 48.3 Å². The van der Waals surface area contributed by atoms with Crippen molar-refractivity contribution in [1.29, 1.82) is 5.26 Å². The summed E-state index contributed by atoms with van der Waals surface area (Å²) in [5, 5.41) is 16.2. The Kier molecular flexibility index (Phi) is 11.4. The maximum atomic E-state index is 17.1. The van der Waals surface area contributed by atoms with Crippen LogP contribution in [-0.2, 0) is 9.53 Å². The molecule has 2 fully saturated rings. The van der Waals surface area contributed by atoms with E-state index in [4.69, 9.17) is 42.8 Å². The van der Waals surface area contributed by atoms with Gasteiger partial charge in [0.25, 0.3) is 0 Å². The lowest BCUT2D eigenvalue weighted by atomic mass is 9.94. The number of carbonyl (C=O) groups is 1. The molecule has 2 aromatic heterocycles. The minimum absolute atomic E-state index is 0.0817. The zero-order chi connectivity index (χ0) is 36.2. The molecule has 0 N–H and O–H groups in total. The van der Waals surface area contributed by atoms with Crippen molar-refractivity contribution in [2.75, 3.05) is 33.9 Å². The summed E-state index contributed by atoms with van der Waals surface area (Å²) in [7, 11) is 3.64. The highest BCUT2D eigenvalue weighted by molar-refractivity contribution is 6.38. The van der Waals surface area contributed by atoms with E-state index in [-0.39, 0.29) is 58.5 Å². The topological polar surface area (TPSA) is 96.5 Å². The molecular weight excluding hydrogens is 690 g/mol. The minimum Gasteiger partial charge on any atom is -0.472 e. The van der Waals surface area contributed by atoms with Gasteiger partial charge in [-0.1, -0.05) is 72.3 Å². The van der Waals surface area contributed by atoms with Crippen molar-refractivity contribution in [3.8, 4) is 23.1 Å². The maximum Gasteiger partial charge on any atom is 0.246 e. The Balaban J connectivity index is 1.49. The zero-order valence-corrected chi connectivity index (χ0v) is 30.5. The normalized spacial score (nSPS) is 20.5. The fraction of sp³-hybridized carbons (Fsp3) is 0.385. The van der Waals surface area contributed by atoms with Crippen molar-refractivity contribution in [2.24, 2.45) is 0 Å². The summed E-state index contributed by atoms with van der Waals surface area (Å²) in [5.41, 5.74) is 1.97. The number of piperidine rings is 1. The molecule has 0 radical (unpaired) electrons. The molecule has 2 aliphatic heterocycles. The average Bonchev–Trinajstić information content (AvgIpc) is 3.76. The molecule has 4 aromatic rings. The summed E-state index contributed by atoms with van der Waals surface area (Å²) in [6, 6.07) is 8.96. The van der Waals surface area contributed by atoms with Crippen molar-refractivity contribution in [3.05, 3.63) is 82.8 Å². The predicted octanol–water partition coefficient (Wildman–Crippen LogP) is 8.41. The quantitative estimate of drug-likeness (QED) is 0.113. The van der Waals surface area contributed by atoms with Crippen LogP contribution >= 0.6 is 23.2 Å². The summed E-state index contributed by atoms with van der Waals surface area (Å²) in [5.74, 6) is -0.515. The summed E-state index contributed by atoms with van der Waals surface area (Å²) in [6.07, 6.45) is 13.1. The van der Waals surface area contributed by atoms with Gasteiger partial charge in [-0.05, 0) is 57.8 Å². The van der Waals surface area contributed by atoms with E-state index < -0.39 is 5.82 Å². The van der Waals surface area contributed by atoms with Crippen LogP contribution in [0.2, 0.25) is 10.0 Å². The fourth-order valence-electron chi connectivity index (χ4n) is 7.47. The number of fused-ring (bicyclic) bond motifs is 3. The average molecular weight is 732 g/mol. The lowest BCUT2D eigenvalue weighted by molar-refractivity contribution is -0.130. The monoisotopic (exact) mass is 730 g/mol. The van der Waals surface area contributed by atoms with Crippen LogP contribution < -0.4 is 4.74 Å². The minimum atomic E-state index is -0.625. The van der Waals surface area contributed by atoms with Gasteiger partial charge >= 0.3 is 0 Å². The largest absolute Gasteiger partial charge is 0.472 e. The number of likely N-dealkylation sites (N-methyl/N-ethyl adjacent to an activating group) is 1. The molecule has 0 saturated carbocycles. The fourth-order valence-corrected chi connectivity index (χ4v) is 8.05. The van der Waals surface area contributed by atoms with Crippen LogP contribution in [0, 0.1) is 17.1 Å². The highest BCUT2D eigenvalue weighted by Gasteiger charge is 2.35. The standard InChI is InChI=1S/C39H41Cl2FN6O3/c1-5-6-10-25-11-7-12-28(35(25)41)34-31(40)22-29-37(36(34)42)45-39(51-24(2)32-13-8-18-46(32)3)30-23-44-48(38(29)30)27-16-19-47(26(21-27)15-17-43)33(49)14-9-20-50-4/h5-7,9-12,14,22-24,26-27,32H,1,8,13,15-16,18-21H2,2-4H3/b10-6-,14-9+/t24-,26+,27-,32-/m0/s1. The second kappa shape index (κ2) is 16.0. The number of likely N-dealkylation sites (tertiary alicyclic amines) is 2. The van der Waals surface area contributed by atoms with E-state index in [0.29, 0.717) is 58.4 Å². The van der Waals surface area contributed by atoms with E-state index >= 15 is 4.39 Å². The first-order valence-corrected chi connectivity index (χ1v) is 17.9. The number of methoxy groups -OCH3 is 1. The Labute approximate surface area is 307 Å². The van der Waals surface area contributed by atoms with Crippen molar-refractivity contribution in [3.63, 3.8) is 0 Å². The molecule has 2 aliphatic rings. The summed E-state index contributed by atoms with van der Waals surface area (Å²) >= 11 is 13.8. The van der Waals surface area contributed by atoms with Gasteiger partial charge in [0.05, 0.1) is 52.3 Å². The third kappa shape index (κ3) is 7.26. The number of aromatic nitrogens is 3. The van der Waals surface area contributed by atoms with Gasteiger partial charge in [0.15, 0.2) is 5.82 Å². The highest BCUT2D eigenvalue weighted by atomic mass is 35.5. The number of amides is 1. The molecule has 0 spiro atoms. The summed E-state index contributed by atoms with van der Waals surface area (Å²) < 4.78 is 30.6. The molecule has 2 aromatic carbocycles. The predicted molar refractivity (Wildman–Crippen MR) is 200 cm³/mol. The Morgan fingerprint density at radius 3 is 2.80 bits per heavy atom. The van der Waals surface area contributed by atoms with E-state index in [1.165, 1.54) is 6.08 Å². The molecular formula is C39H41Cl2FN6O3. The summed E-state index contributed by atoms with van der Waals surface area (Å²) in [6.45, 7) is 7.45. The van der Waals surface area contributed by atoms with Crippen molar-refractivity contribution >= 4 is 57.0 Å². The molecule has 1 amide bonds. The second-order valence-electron chi connectivity index (χ2n) is 13.1. The first kappa shape index (κ1) is 36.5. The van der Waals surface area contributed by atoms with Crippen LogP contribution in [0.3, 0.4) is 0 Å². The van der Waals surface area contributed by atoms with E-state index in [1.807, 2.05) is 17.7 Å². The lowest BCUT2D eigenvalue weighted by Gasteiger charge is -2.38. The van der Waals surface area contributed by atoms with Crippen LogP contribution in [0.25, 0.3) is 39.0 Å². The molecule has 51 heavy (non-hydrogen) atoms. The first-order chi connectivity index (χ1) is 24.7. The smallest absolute Gasteiger partial charge is 0.246 e. The highest BCUT2D eigenvalue weighted by Crippen LogP contribution is 2.44. The van der Waals surface area contributed by atoms with E-state index in [9.17, 15) is 10.1 Å². The number of ether oxygens (including phenoxy) is 2. The zero-order valence-electron chi connectivity index (χ0n) is 29.0. The van der Waals surface area contributed by atoms with Gasteiger partial charge in [-0.25, -0.2) is 9.37 Å². The number of carbonyl (C=O) groups excluding carboxylic acids is 1. The van der Waals surface area contributed by atoms with Gasteiger partial charge in [0.1, 0.15) is 11.6 Å². The number of rotatable bonds is 11. The third-order valence-corrected chi connectivity index (χ3v) is 10.7. The number of benzene rings is 2. The Bertz CT molecular complexity index is 2060. The van der Waals surface area contributed by atoms with Gasteiger partial charge in [0.2, 0.25) is 11.8 Å².